The van der Waals surface area contributed by atoms with Crippen molar-refractivity contribution in [2.45, 2.75) is 0 Å². The number of rotatable bonds is 1. The minimum atomic E-state index is -1.30. The smallest absolute Gasteiger partial charge is 0.272 e. The van der Waals surface area contributed by atoms with Gasteiger partial charge in [0.1, 0.15) is 0 Å². The van der Waals surface area contributed by atoms with Gasteiger partial charge >= 0.3 is 0 Å². The first-order chi connectivity index (χ1) is 6.02. The Kier molecular flexibility index (Phi) is 2.23. The summed E-state index contributed by atoms with van der Waals surface area (Å²) >= 11 is 0. The van der Waals surface area contributed by atoms with E-state index in [0.29, 0.717) is 6.07 Å². The van der Waals surface area contributed by atoms with Gasteiger partial charge in [0.05, 0.1) is 11.0 Å². The van der Waals surface area contributed by atoms with Gasteiger partial charge in [-0.2, -0.15) is 0 Å². The van der Waals surface area contributed by atoms with Gasteiger partial charge in [-0.3, -0.25) is 14.9 Å². The molecule has 0 spiro atoms. The lowest BCUT2D eigenvalue weighted by Gasteiger charge is -1.84. The Morgan fingerprint density at radius 2 is 2.08 bits per heavy atom. The van der Waals surface area contributed by atoms with E-state index in [-0.39, 0.29) is 0 Å². The van der Waals surface area contributed by atoms with E-state index in [0.717, 1.165) is 12.1 Å². The molecular formula is C7H4FNO4. The third-order valence-corrected chi connectivity index (χ3v) is 1.35. The third-order valence-electron chi connectivity index (χ3n) is 1.35. The molecule has 0 saturated heterocycles. The second-order valence-electron chi connectivity index (χ2n) is 2.22. The normalized spacial score (nSPS) is 9.62. The zero-order valence-electron chi connectivity index (χ0n) is 6.23. The zero-order valence-corrected chi connectivity index (χ0v) is 6.23. The molecule has 0 atom stereocenters. The van der Waals surface area contributed by atoms with Gasteiger partial charge in [-0.25, -0.2) is 4.39 Å². The van der Waals surface area contributed by atoms with Crippen LogP contribution in [0.3, 0.4) is 0 Å². The van der Waals surface area contributed by atoms with Gasteiger partial charge in [-0.1, -0.05) is 0 Å². The SMILES string of the molecule is O=c1ccc([N+](=O)[O-])cc(F)c1O. The summed E-state index contributed by atoms with van der Waals surface area (Å²) in [5.41, 5.74) is -1.58. The highest BCUT2D eigenvalue weighted by atomic mass is 19.1. The van der Waals surface area contributed by atoms with Gasteiger partial charge in [0, 0.05) is 6.07 Å². The van der Waals surface area contributed by atoms with E-state index < -0.39 is 27.6 Å². The monoisotopic (exact) mass is 185 g/mol. The molecule has 0 amide bonds. The molecule has 1 aromatic carbocycles. The average molecular weight is 185 g/mol. The predicted molar refractivity (Wildman–Crippen MR) is 41.0 cm³/mol. The van der Waals surface area contributed by atoms with Crippen LogP contribution in [-0.4, -0.2) is 10.0 Å². The summed E-state index contributed by atoms with van der Waals surface area (Å²) in [6, 6.07) is 2.04. The van der Waals surface area contributed by atoms with Crippen LogP contribution in [0.5, 0.6) is 5.75 Å². The van der Waals surface area contributed by atoms with Crippen molar-refractivity contribution < 1.29 is 14.4 Å². The van der Waals surface area contributed by atoms with Gasteiger partial charge in [0.2, 0.25) is 5.43 Å². The second kappa shape index (κ2) is 3.18. The highest BCUT2D eigenvalue weighted by molar-refractivity contribution is 5.33. The van der Waals surface area contributed by atoms with E-state index in [1.807, 2.05) is 0 Å². The molecule has 0 aromatic heterocycles. The lowest BCUT2D eigenvalue weighted by Crippen LogP contribution is -1.94. The molecule has 1 N–H and O–H groups in total. The largest absolute Gasteiger partial charge is 0.502 e. The molecule has 68 valence electrons. The van der Waals surface area contributed by atoms with Gasteiger partial charge in [-0.15, -0.1) is 0 Å². The summed E-state index contributed by atoms with van der Waals surface area (Å²) < 4.78 is 12.7. The number of halogens is 1. The van der Waals surface area contributed by atoms with Crippen LogP contribution in [0.25, 0.3) is 0 Å². The predicted octanol–water partition coefficient (Wildman–Crippen LogP) is 0.800. The van der Waals surface area contributed by atoms with Crippen molar-refractivity contribution >= 4 is 5.69 Å². The van der Waals surface area contributed by atoms with Crippen LogP contribution in [0.2, 0.25) is 0 Å². The summed E-state index contributed by atoms with van der Waals surface area (Å²) in [4.78, 5) is 20.0. The lowest BCUT2D eigenvalue weighted by atomic mass is 10.4. The van der Waals surface area contributed by atoms with Crippen molar-refractivity contribution in [3.63, 3.8) is 0 Å². The molecule has 0 unspecified atom stereocenters. The summed E-state index contributed by atoms with van der Waals surface area (Å²) in [7, 11) is 0. The quantitative estimate of drug-likeness (QED) is 0.518. The fourth-order valence-corrected chi connectivity index (χ4v) is 0.718. The Bertz CT molecular complexity index is 418. The summed E-state index contributed by atoms with van der Waals surface area (Å²) in [5, 5.41) is 18.9. The molecule has 0 aliphatic rings. The first-order valence-corrected chi connectivity index (χ1v) is 3.19. The van der Waals surface area contributed by atoms with Crippen LogP contribution in [-0.2, 0) is 0 Å². The van der Waals surface area contributed by atoms with E-state index in [2.05, 4.69) is 0 Å². The molecule has 5 nitrogen and oxygen atoms in total. The van der Waals surface area contributed by atoms with Crippen LogP contribution in [0, 0.1) is 15.9 Å². The Balaban J connectivity index is 3.52. The fraction of sp³-hybridized carbons (Fsp3) is 0. The molecule has 1 rings (SSSR count). The van der Waals surface area contributed by atoms with Gasteiger partial charge in [-0.05, 0) is 6.07 Å². The molecule has 0 radical (unpaired) electrons. The number of nitrogens with zero attached hydrogens (tertiary/aromatic N) is 1. The van der Waals surface area contributed by atoms with Gasteiger partial charge in [0.25, 0.3) is 5.69 Å². The van der Waals surface area contributed by atoms with E-state index in [9.17, 15) is 19.3 Å². The molecule has 0 fully saturated rings. The Morgan fingerprint density at radius 1 is 1.46 bits per heavy atom. The molecular weight excluding hydrogens is 181 g/mol. The Labute approximate surface area is 71.2 Å². The van der Waals surface area contributed by atoms with Crippen molar-refractivity contribution in [2.24, 2.45) is 0 Å². The summed E-state index contributed by atoms with van der Waals surface area (Å²) in [5.74, 6) is -2.42. The molecule has 1 aromatic rings. The number of hydrogen-bond acceptors (Lipinski definition) is 4. The fourth-order valence-electron chi connectivity index (χ4n) is 0.718. The number of nitro groups is 1. The highest BCUT2D eigenvalue weighted by Crippen LogP contribution is 2.14. The molecule has 0 heterocycles. The topological polar surface area (TPSA) is 80.4 Å². The molecule has 13 heavy (non-hydrogen) atoms. The summed E-state index contributed by atoms with van der Waals surface area (Å²) in [6.45, 7) is 0. The van der Waals surface area contributed by atoms with Crippen molar-refractivity contribution in [3.8, 4) is 5.75 Å². The van der Waals surface area contributed by atoms with Crippen LogP contribution in [0.15, 0.2) is 23.0 Å². The minimum absolute atomic E-state index is 0.483. The maximum absolute atomic E-state index is 12.7. The van der Waals surface area contributed by atoms with Crippen molar-refractivity contribution in [2.75, 3.05) is 0 Å². The first kappa shape index (κ1) is 9.11. The van der Waals surface area contributed by atoms with Crippen molar-refractivity contribution in [1.82, 2.24) is 0 Å². The molecule has 6 heteroatoms. The Hall–Kier alpha value is -1.98. The second-order valence-corrected chi connectivity index (χ2v) is 2.22. The van der Waals surface area contributed by atoms with Gasteiger partial charge < -0.3 is 5.11 Å². The van der Waals surface area contributed by atoms with E-state index in [4.69, 9.17) is 5.11 Å². The van der Waals surface area contributed by atoms with Crippen LogP contribution >= 0.6 is 0 Å². The van der Waals surface area contributed by atoms with Crippen molar-refractivity contribution in [3.05, 3.63) is 44.4 Å². The van der Waals surface area contributed by atoms with Crippen LogP contribution < -0.4 is 5.43 Å². The van der Waals surface area contributed by atoms with Gasteiger partial charge in [0.15, 0.2) is 11.6 Å². The third kappa shape index (κ3) is 1.78. The minimum Gasteiger partial charge on any atom is -0.502 e. The van der Waals surface area contributed by atoms with Crippen LogP contribution in [0.4, 0.5) is 10.1 Å². The molecule has 0 bridgehead atoms. The first-order valence-electron chi connectivity index (χ1n) is 3.19. The zero-order chi connectivity index (χ0) is 10.0. The number of aromatic hydroxyl groups is 1. The maximum atomic E-state index is 12.7. The highest BCUT2D eigenvalue weighted by Gasteiger charge is 2.09. The van der Waals surface area contributed by atoms with E-state index in [1.165, 1.54) is 0 Å². The molecule has 0 aliphatic heterocycles. The van der Waals surface area contributed by atoms with E-state index in [1.54, 1.807) is 0 Å². The number of hydrogen-bond donors (Lipinski definition) is 1. The maximum Gasteiger partial charge on any atom is 0.272 e. The molecule has 0 saturated carbocycles. The Morgan fingerprint density at radius 3 is 2.62 bits per heavy atom. The standard InChI is InChI=1S/C7H4FNO4/c8-5-3-4(9(12)13)1-2-6(10)7(5)11/h1-3H,(H,10,11). The van der Waals surface area contributed by atoms with Crippen molar-refractivity contribution in [1.29, 1.82) is 0 Å². The van der Waals surface area contributed by atoms with Crippen LogP contribution in [0.1, 0.15) is 0 Å². The lowest BCUT2D eigenvalue weighted by molar-refractivity contribution is -0.385. The molecule has 0 aliphatic carbocycles. The summed E-state index contributed by atoms with van der Waals surface area (Å²) in [6.07, 6.45) is 0. The van der Waals surface area contributed by atoms with E-state index >= 15 is 0 Å². The average Bonchev–Trinajstić information content (AvgIpc) is 2.19.